The zero-order chi connectivity index (χ0) is 26.2. The molecule has 0 spiro atoms. The molecule has 0 aliphatic carbocycles. The number of carboxylic acids is 1. The second-order valence-electron chi connectivity index (χ2n) is 7.89. The molecule has 11 nitrogen and oxygen atoms in total. The number of benzene rings is 2. The lowest BCUT2D eigenvalue weighted by molar-refractivity contribution is -0.139. The molecule has 0 radical (unpaired) electrons. The summed E-state index contributed by atoms with van der Waals surface area (Å²) in [5.74, 6) is -1.90. The predicted molar refractivity (Wildman–Crippen MR) is 129 cm³/mol. The summed E-state index contributed by atoms with van der Waals surface area (Å²) < 4.78 is 19.5. The number of nitrogens with zero attached hydrogens (tertiary/aromatic N) is 5. The van der Waals surface area contributed by atoms with E-state index in [0.29, 0.717) is 16.5 Å². The molecular formula is C24H21FN6O5S. The molecule has 190 valence electrons. The third-order valence-electron chi connectivity index (χ3n) is 5.18. The first-order chi connectivity index (χ1) is 17.9. The number of amides is 1. The Hall–Kier alpha value is -4.52. The van der Waals surface area contributed by atoms with E-state index in [-0.39, 0.29) is 25.4 Å². The number of rotatable bonds is 11. The molecular weight excluding hydrogens is 503 g/mol. The minimum Gasteiger partial charge on any atom is -0.481 e. The number of carbonyl (C=O) groups is 3. The summed E-state index contributed by atoms with van der Waals surface area (Å²) in [6, 6.07) is 13.5. The first kappa shape index (κ1) is 25.6. The summed E-state index contributed by atoms with van der Waals surface area (Å²) in [5, 5.41) is 25.4. The molecule has 0 aliphatic rings. The second-order valence-corrected chi connectivity index (χ2v) is 8.83. The maximum atomic E-state index is 13.2. The van der Waals surface area contributed by atoms with Crippen molar-refractivity contribution in [1.82, 2.24) is 30.5 Å². The second kappa shape index (κ2) is 11.9. The maximum Gasteiger partial charge on any atom is 0.408 e. The number of carboxylic acid groups (broad SMARTS) is 1. The molecule has 37 heavy (non-hydrogen) atoms. The van der Waals surface area contributed by atoms with Crippen molar-refractivity contribution in [1.29, 1.82) is 0 Å². The fraction of sp³-hybridized carbons (Fsp3) is 0.208. The van der Waals surface area contributed by atoms with E-state index < -0.39 is 30.3 Å². The number of Topliss-reactive ketones (excluding diaryl/α,β-unsaturated/α-hetero) is 1. The molecule has 4 rings (SSSR count). The molecule has 1 unspecified atom stereocenters. The Balaban J connectivity index is 1.38. The summed E-state index contributed by atoms with van der Waals surface area (Å²) in [5.41, 5.74) is 2.15. The van der Waals surface area contributed by atoms with Gasteiger partial charge in [-0.15, -0.1) is 16.4 Å². The van der Waals surface area contributed by atoms with E-state index in [1.54, 1.807) is 36.4 Å². The lowest BCUT2D eigenvalue weighted by Gasteiger charge is -2.16. The van der Waals surface area contributed by atoms with Crippen LogP contribution in [0.1, 0.15) is 22.8 Å². The number of carbonyl (C=O) groups excluding carboxylic acids is 2. The molecule has 2 heterocycles. The Morgan fingerprint density at radius 2 is 1.86 bits per heavy atom. The number of alkyl carbamates (subject to hydrolysis) is 1. The Morgan fingerprint density at radius 3 is 2.59 bits per heavy atom. The van der Waals surface area contributed by atoms with Crippen LogP contribution in [-0.4, -0.2) is 54.2 Å². The monoisotopic (exact) mass is 524 g/mol. The van der Waals surface area contributed by atoms with Gasteiger partial charge in [0.05, 0.1) is 18.5 Å². The van der Waals surface area contributed by atoms with Crippen molar-refractivity contribution in [2.45, 2.75) is 32.0 Å². The van der Waals surface area contributed by atoms with Gasteiger partial charge in [-0.05, 0) is 40.3 Å². The van der Waals surface area contributed by atoms with Crippen LogP contribution in [0, 0.1) is 5.82 Å². The van der Waals surface area contributed by atoms with Gasteiger partial charge in [-0.25, -0.2) is 18.9 Å². The number of hydrogen-bond acceptors (Lipinski definition) is 9. The van der Waals surface area contributed by atoms with Crippen LogP contribution in [0.3, 0.4) is 0 Å². The quantitative estimate of drug-likeness (QED) is 0.302. The van der Waals surface area contributed by atoms with Crippen molar-refractivity contribution in [2.75, 3.05) is 0 Å². The highest BCUT2D eigenvalue weighted by molar-refractivity contribution is 7.10. The van der Waals surface area contributed by atoms with E-state index in [4.69, 9.17) is 4.74 Å². The molecule has 0 fully saturated rings. The zero-order valence-corrected chi connectivity index (χ0v) is 20.1. The predicted octanol–water partition coefficient (Wildman–Crippen LogP) is 2.87. The van der Waals surface area contributed by atoms with E-state index in [1.807, 2.05) is 11.4 Å². The maximum absolute atomic E-state index is 13.2. The van der Waals surface area contributed by atoms with Gasteiger partial charge in [-0.1, -0.05) is 30.3 Å². The number of ketones is 1. The van der Waals surface area contributed by atoms with E-state index in [2.05, 4.69) is 25.8 Å². The minimum absolute atomic E-state index is 0.0362. The van der Waals surface area contributed by atoms with E-state index >= 15 is 0 Å². The summed E-state index contributed by atoms with van der Waals surface area (Å²) in [7, 11) is 0. The highest BCUT2D eigenvalue weighted by Gasteiger charge is 2.26. The Bertz CT molecular complexity index is 1380. The summed E-state index contributed by atoms with van der Waals surface area (Å²) in [4.78, 5) is 40.9. The van der Waals surface area contributed by atoms with Crippen molar-refractivity contribution < 1.29 is 28.6 Å². The van der Waals surface area contributed by atoms with Gasteiger partial charge in [-0.2, -0.15) is 0 Å². The van der Waals surface area contributed by atoms with Gasteiger partial charge in [0.2, 0.25) is 0 Å². The smallest absolute Gasteiger partial charge is 0.408 e. The normalized spacial score (nSPS) is 11.6. The van der Waals surface area contributed by atoms with Crippen LogP contribution in [0.2, 0.25) is 0 Å². The zero-order valence-electron chi connectivity index (χ0n) is 19.3. The van der Waals surface area contributed by atoms with Crippen molar-refractivity contribution in [3.8, 4) is 11.3 Å². The number of halogens is 1. The van der Waals surface area contributed by atoms with Crippen LogP contribution in [0.4, 0.5) is 9.18 Å². The van der Waals surface area contributed by atoms with Gasteiger partial charge in [-0.3, -0.25) is 9.59 Å². The average molecular weight is 525 g/mol. The average Bonchev–Trinajstić information content (AvgIpc) is 3.53. The van der Waals surface area contributed by atoms with E-state index in [9.17, 15) is 23.9 Å². The number of nitrogens with one attached hydrogen (secondary N) is 1. The Kier molecular flexibility index (Phi) is 8.26. The fourth-order valence-corrected chi connectivity index (χ4v) is 4.14. The fourth-order valence-electron chi connectivity index (χ4n) is 3.34. The van der Waals surface area contributed by atoms with Crippen molar-refractivity contribution in [2.24, 2.45) is 0 Å². The van der Waals surface area contributed by atoms with Gasteiger partial charge in [0.15, 0.2) is 11.6 Å². The van der Waals surface area contributed by atoms with Gasteiger partial charge in [0.1, 0.15) is 30.0 Å². The largest absolute Gasteiger partial charge is 0.481 e. The highest BCUT2D eigenvalue weighted by atomic mass is 32.1. The number of thiazole rings is 1. The minimum atomic E-state index is -1.34. The van der Waals surface area contributed by atoms with Crippen LogP contribution in [0.15, 0.2) is 60.0 Å². The number of hydrogen-bond donors (Lipinski definition) is 2. The van der Waals surface area contributed by atoms with Crippen molar-refractivity contribution >= 4 is 29.2 Å². The number of tetrazole rings is 1. The van der Waals surface area contributed by atoms with Crippen molar-refractivity contribution in [3.05, 3.63) is 82.2 Å². The summed E-state index contributed by atoms with van der Waals surface area (Å²) >= 11 is 1.35. The molecule has 1 atom stereocenters. The van der Waals surface area contributed by atoms with Crippen LogP contribution < -0.4 is 5.32 Å². The van der Waals surface area contributed by atoms with Gasteiger partial charge < -0.3 is 15.2 Å². The molecule has 2 aromatic heterocycles. The van der Waals surface area contributed by atoms with E-state index in [0.717, 1.165) is 11.1 Å². The van der Waals surface area contributed by atoms with Crippen LogP contribution in [0.25, 0.3) is 11.3 Å². The van der Waals surface area contributed by atoms with Crippen LogP contribution in [-0.2, 0) is 33.9 Å². The van der Waals surface area contributed by atoms with Crippen LogP contribution in [0.5, 0.6) is 0 Å². The molecule has 0 aliphatic heterocycles. The first-order valence-electron chi connectivity index (χ1n) is 11.0. The third-order valence-corrected chi connectivity index (χ3v) is 6.03. The Labute approximate surface area is 213 Å². The lowest BCUT2D eigenvalue weighted by Crippen LogP contribution is -2.44. The van der Waals surface area contributed by atoms with E-state index in [1.165, 1.54) is 28.2 Å². The van der Waals surface area contributed by atoms with Crippen molar-refractivity contribution in [3.63, 3.8) is 0 Å². The molecule has 2 N–H and O–H groups in total. The SMILES string of the molecule is O=C(O)CC(NC(=O)OCc1ccccc1)C(=O)Cn1nnnc1Cc1nc(-c2ccc(F)cc2)cs1. The molecule has 2 aromatic carbocycles. The molecule has 0 saturated carbocycles. The Morgan fingerprint density at radius 1 is 1.11 bits per heavy atom. The summed E-state index contributed by atoms with van der Waals surface area (Å²) in [6.45, 7) is -0.402. The van der Waals surface area contributed by atoms with Gasteiger partial charge in [0, 0.05) is 10.9 Å². The number of aromatic nitrogens is 5. The van der Waals surface area contributed by atoms with Gasteiger partial charge in [0.25, 0.3) is 0 Å². The topological polar surface area (TPSA) is 149 Å². The molecule has 1 amide bonds. The molecule has 0 saturated heterocycles. The summed E-state index contributed by atoms with van der Waals surface area (Å²) in [6.07, 6.45) is -1.34. The number of ether oxygens (including phenoxy) is 1. The van der Waals surface area contributed by atoms with Crippen LogP contribution >= 0.6 is 11.3 Å². The highest BCUT2D eigenvalue weighted by Crippen LogP contribution is 2.23. The third kappa shape index (κ3) is 7.24. The molecule has 13 heteroatoms. The first-order valence-corrected chi connectivity index (χ1v) is 11.9. The molecule has 0 bridgehead atoms. The number of aliphatic carboxylic acids is 1. The lowest BCUT2D eigenvalue weighted by atomic mass is 10.1. The standard InChI is InChI=1S/C24H21FN6O5S/c25-17-8-6-16(7-9-17)19-14-37-22(26-19)11-21-28-29-30-31(21)12-20(32)18(10-23(33)34)27-24(35)36-13-15-4-2-1-3-5-15/h1-9,14,18H,10-13H2,(H,27,35)(H,33,34). The van der Waals surface area contributed by atoms with Gasteiger partial charge >= 0.3 is 12.1 Å². The molecule has 4 aromatic rings.